The van der Waals surface area contributed by atoms with Crippen molar-refractivity contribution in [3.63, 3.8) is 0 Å². The number of rotatable bonds is 8. The Labute approximate surface area is 233 Å². The summed E-state index contributed by atoms with van der Waals surface area (Å²) in [5, 5.41) is 3.55. The second kappa shape index (κ2) is 11.5. The van der Waals surface area contributed by atoms with Crippen LogP contribution >= 0.6 is 19.2 Å². The summed E-state index contributed by atoms with van der Waals surface area (Å²) < 4.78 is 30.1. The van der Waals surface area contributed by atoms with Gasteiger partial charge in [-0.2, -0.15) is 0 Å². The highest BCUT2D eigenvalue weighted by atomic mass is 35.5. The van der Waals surface area contributed by atoms with Gasteiger partial charge < -0.3 is 18.8 Å². The van der Waals surface area contributed by atoms with Crippen LogP contribution in [0.1, 0.15) is 31.6 Å². The molecule has 202 valence electrons. The van der Waals surface area contributed by atoms with E-state index in [4.69, 9.17) is 30.0 Å². The lowest BCUT2D eigenvalue weighted by molar-refractivity contribution is -0.116. The van der Waals surface area contributed by atoms with Crippen molar-refractivity contribution in [3.05, 3.63) is 95.2 Å². The van der Waals surface area contributed by atoms with Gasteiger partial charge in [0.25, 0.3) is 0 Å². The van der Waals surface area contributed by atoms with Gasteiger partial charge >= 0.3 is 7.60 Å². The van der Waals surface area contributed by atoms with E-state index in [1.807, 2.05) is 68.4 Å². The minimum Gasteiger partial charge on any atom is -0.440 e. The zero-order valence-electron chi connectivity index (χ0n) is 21.9. The van der Waals surface area contributed by atoms with Gasteiger partial charge in [-0.25, -0.2) is 4.98 Å². The average Bonchev–Trinajstić information content (AvgIpc) is 3.36. The van der Waals surface area contributed by atoms with Gasteiger partial charge in [0.1, 0.15) is 11.5 Å². The number of carbonyl (C=O) groups excluding carboxylic acids is 1. The maximum Gasteiger partial charge on any atom is 0.335 e. The lowest BCUT2D eigenvalue weighted by Gasteiger charge is -2.34. The Hall–Kier alpha value is -3.22. The van der Waals surface area contributed by atoms with Crippen LogP contribution in [0, 0.1) is 5.41 Å². The Morgan fingerprint density at radius 3 is 2.28 bits per heavy atom. The molecule has 39 heavy (non-hydrogen) atoms. The predicted molar refractivity (Wildman–Crippen MR) is 153 cm³/mol. The number of hydrogen-bond acceptors (Lipinski definition) is 6. The summed E-state index contributed by atoms with van der Waals surface area (Å²) >= 11 is 6.07. The van der Waals surface area contributed by atoms with Crippen LogP contribution in [0.3, 0.4) is 0 Å². The van der Waals surface area contributed by atoms with E-state index in [0.29, 0.717) is 47.7 Å². The van der Waals surface area contributed by atoms with E-state index in [-0.39, 0.29) is 23.9 Å². The van der Waals surface area contributed by atoms with Crippen LogP contribution in [0.25, 0.3) is 22.7 Å². The molecule has 4 aromatic rings. The highest BCUT2D eigenvalue weighted by Crippen LogP contribution is 2.56. The van der Waals surface area contributed by atoms with Crippen LogP contribution in [0.2, 0.25) is 5.02 Å². The van der Waals surface area contributed by atoms with E-state index in [1.165, 1.54) is 0 Å². The number of aryl methyl sites for hydroxylation is 1. The van der Waals surface area contributed by atoms with Crippen molar-refractivity contribution in [3.8, 4) is 22.7 Å². The largest absolute Gasteiger partial charge is 0.440 e. The third-order valence-electron chi connectivity index (χ3n) is 6.33. The molecule has 0 aliphatic carbocycles. The summed E-state index contributed by atoms with van der Waals surface area (Å²) in [6, 6.07) is 24.2. The van der Waals surface area contributed by atoms with Gasteiger partial charge in [0.05, 0.1) is 19.4 Å². The molecule has 1 amide bonds. The van der Waals surface area contributed by atoms with Crippen molar-refractivity contribution in [2.75, 3.05) is 18.5 Å². The molecule has 1 N–H and O–H groups in total. The summed E-state index contributed by atoms with van der Waals surface area (Å²) in [6.07, 6.45) is 0.772. The van der Waals surface area contributed by atoms with E-state index < -0.39 is 7.60 Å². The smallest absolute Gasteiger partial charge is 0.335 e. The van der Waals surface area contributed by atoms with E-state index in [0.717, 1.165) is 16.7 Å². The Morgan fingerprint density at radius 2 is 1.62 bits per heavy atom. The number of nitrogens with one attached hydrogen (secondary N) is 1. The van der Waals surface area contributed by atoms with E-state index >= 15 is 0 Å². The fraction of sp³-hybridized carbons (Fsp3) is 0.267. The molecule has 3 aromatic carbocycles. The number of benzene rings is 3. The maximum absolute atomic E-state index is 12.9. The first-order valence-electron chi connectivity index (χ1n) is 12.8. The van der Waals surface area contributed by atoms with E-state index in [1.54, 1.807) is 24.3 Å². The number of aromatic nitrogens is 1. The molecule has 5 rings (SSSR count). The summed E-state index contributed by atoms with van der Waals surface area (Å²) in [5.41, 5.74) is 3.73. The zero-order chi connectivity index (χ0) is 27.5. The average molecular weight is 565 g/mol. The predicted octanol–water partition coefficient (Wildman–Crippen LogP) is 8.00. The van der Waals surface area contributed by atoms with E-state index in [9.17, 15) is 9.36 Å². The molecule has 0 unspecified atom stereocenters. The Bertz CT molecular complexity index is 1470. The summed E-state index contributed by atoms with van der Waals surface area (Å²) in [6.45, 7) is 4.82. The lowest BCUT2D eigenvalue weighted by Crippen LogP contribution is -2.29. The van der Waals surface area contributed by atoms with Crippen molar-refractivity contribution >= 4 is 30.8 Å². The molecule has 7 nitrogen and oxygen atoms in total. The summed E-state index contributed by atoms with van der Waals surface area (Å²) in [5.74, 6) is 0.971. The van der Waals surface area contributed by atoms with Crippen LogP contribution in [-0.4, -0.2) is 24.1 Å². The number of carbonyl (C=O) groups is 1. The van der Waals surface area contributed by atoms with Crippen molar-refractivity contribution in [2.24, 2.45) is 5.41 Å². The number of amides is 1. The quantitative estimate of drug-likeness (QED) is 0.218. The standard InChI is InChI=1S/C30H30ClN2O5P/c1-30(2)19-36-39(35,37-20-30)18-21-8-14-25(15-9-21)32-27(34)17-16-26-28(22-10-12-24(31)13-11-22)33-29(38-26)23-6-4-3-5-7-23/h3-15H,16-20H2,1-2H3,(H,32,34). The molecule has 1 aliphatic rings. The van der Waals surface area contributed by atoms with Gasteiger partial charge in [0.2, 0.25) is 11.8 Å². The molecule has 1 fully saturated rings. The third kappa shape index (κ3) is 7.06. The third-order valence-corrected chi connectivity index (χ3v) is 8.38. The number of nitrogens with zero attached hydrogens (tertiary/aromatic N) is 1. The van der Waals surface area contributed by atoms with Crippen molar-refractivity contribution < 1.29 is 22.8 Å². The topological polar surface area (TPSA) is 90.7 Å². The minimum absolute atomic E-state index is 0.146. The summed E-state index contributed by atoms with van der Waals surface area (Å²) in [4.78, 5) is 17.5. The molecule has 0 radical (unpaired) electrons. The second-order valence-corrected chi connectivity index (χ2v) is 12.9. The molecule has 0 atom stereocenters. The molecule has 0 spiro atoms. The zero-order valence-corrected chi connectivity index (χ0v) is 23.5. The molecule has 9 heteroatoms. The Kier molecular flexibility index (Phi) is 8.06. The van der Waals surface area contributed by atoms with Gasteiger partial charge in [-0.1, -0.05) is 67.9 Å². The number of oxazole rings is 1. The highest BCUT2D eigenvalue weighted by Gasteiger charge is 2.36. The first-order valence-corrected chi connectivity index (χ1v) is 14.9. The fourth-order valence-electron chi connectivity index (χ4n) is 4.14. The van der Waals surface area contributed by atoms with Gasteiger partial charge in [0.15, 0.2) is 0 Å². The lowest BCUT2D eigenvalue weighted by atomic mass is 9.97. The van der Waals surface area contributed by atoms with Gasteiger partial charge in [-0.3, -0.25) is 9.36 Å². The maximum atomic E-state index is 12.9. The van der Waals surface area contributed by atoms with Crippen LogP contribution in [0.15, 0.2) is 83.3 Å². The number of hydrogen-bond donors (Lipinski definition) is 1. The van der Waals surface area contributed by atoms with Crippen molar-refractivity contribution in [1.82, 2.24) is 4.98 Å². The van der Waals surface area contributed by atoms with Crippen molar-refractivity contribution in [1.29, 1.82) is 0 Å². The Balaban J connectivity index is 1.23. The van der Waals surface area contributed by atoms with Gasteiger partial charge in [-0.05, 0) is 42.0 Å². The van der Waals surface area contributed by atoms with Crippen LogP contribution in [-0.2, 0) is 31.0 Å². The van der Waals surface area contributed by atoms with Gasteiger partial charge in [0, 0.05) is 40.1 Å². The molecule has 1 aromatic heterocycles. The SMILES string of the molecule is CC1(C)COP(=O)(Cc2ccc(NC(=O)CCc3oc(-c4ccccc4)nc3-c3ccc(Cl)cc3)cc2)OC1. The van der Waals surface area contributed by atoms with Crippen LogP contribution < -0.4 is 5.32 Å². The van der Waals surface area contributed by atoms with Crippen LogP contribution in [0.4, 0.5) is 5.69 Å². The fourth-order valence-corrected chi connectivity index (χ4v) is 6.28. The molecule has 1 saturated heterocycles. The Morgan fingerprint density at radius 1 is 0.949 bits per heavy atom. The molecule has 2 heterocycles. The van der Waals surface area contributed by atoms with Gasteiger partial charge in [-0.15, -0.1) is 0 Å². The number of halogens is 1. The number of anilines is 1. The van der Waals surface area contributed by atoms with Crippen LogP contribution in [0.5, 0.6) is 0 Å². The normalized spacial score (nSPS) is 16.1. The second-order valence-electron chi connectivity index (χ2n) is 10.4. The molecular weight excluding hydrogens is 535 g/mol. The summed E-state index contributed by atoms with van der Waals surface area (Å²) in [7, 11) is -3.17. The molecule has 0 bridgehead atoms. The minimum atomic E-state index is -3.17. The molecule has 0 saturated carbocycles. The monoisotopic (exact) mass is 564 g/mol. The first kappa shape index (κ1) is 27.4. The van der Waals surface area contributed by atoms with E-state index in [2.05, 4.69) is 5.32 Å². The molecule has 1 aliphatic heterocycles. The molecular formula is C30H30ClN2O5P. The van der Waals surface area contributed by atoms with Crippen molar-refractivity contribution in [2.45, 2.75) is 32.9 Å². The highest BCUT2D eigenvalue weighted by molar-refractivity contribution is 7.53. The first-order chi connectivity index (χ1) is 18.7.